The summed E-state index contributed by atoms with van der Waals surface area (Å²) in [6, 6.07) is 16.0. The van der Waals surface area contributed by atoms with Gasteiger partial charge in [-0.05, 0) is 30.2 Å². The smallest absolute Gasteiger partial charge is 0.340 e. The number of esters is 1. The zero-order valence-electron chi connectivity index (χ0n) is 20.9. The number of carbonyl (C=O) groups is 2. The van der Waals surface area contributed by atoms with E-state index in [0.717, 1.165) is 9.87 Å². The second-order valence-corrected chi connectivity index (χ2v) is 10.7. The number of methoxy groups -OCH3 is 3. The van der Waals surface area contributed by atoms with E-state index in [2.05, 4.69) is 5.32 Å². The van der Waals surface area contributed by atoms with Crippen LogP contribution in [-0.2, 0) is 26.0 Å². The van der Waals surface area contributed by atoms with E-state index in [1.165, 1.54) is 51.7 Å². The Morgan fingerprint density at radius 1 is 0.921 bits per heavy atom. The van der Waals surface area contributed by atoms with Crippen molar-refractivity contribution in [1.82, 2.24) is 4.31 Å². The molecular weight excluding hydrogens is 555 g/mol. The lowest BCUT2D eigenvalue weighted by atomic mass is 10.1. The van der Waals surface area contributed by atoms with Crippen molar-refractivity contribution in [2.75, 3.05) is 39.7 Å². The number of sulfonamides is 1. The zero-order valence-corrected chi connectivity index (χ0v) is 23.2. The predicted octanol–water partition coefficient (Wildman–Crippen LogP) is 4.67. The number of halogens is 2. The number of nitrogens with one attached hydrogen (secondary N) is 1. The maximum absolute atomic E-state index is 13.6. The molecule has 0 spiro atoms. The summed E-state index contributed by atoms with van der Waals surface area (Å²) in [7, 11) is -0.262. The maximum Gasteiger partial charge on any atom is 0.340 e. The molecule has 0 radical (unpaired) electrons. The molecule has 0 unspecified atom stereocenters. The molecule has 0 bridgehead atoms. The first kappa shape index (κ1) is 29.2. The third-order valence-corrected chi connectivity index (χ3v) is 8.09. The lowest BCUT2D eigenvalue weighted by Gasteiger charge is -2.23. The number of nitrogens with zero attached hydrogens (tertiary/aromatic N) is 1. The van der Waals surface area contributed by atoms with Gasteiger partial charge in [0.25, 0.3) is 0 Å². The second kappa shape index (κ2) is 13.0. The molecule has 1 amide bonds. The van der Waals surface area contributed by atoms with Crippen molar-refractivity contribution in [2.24, 2.45) is 0 Å². The van der Waals surface area contributed by atoms with Gasteiger partial charge < -0.3 is 19.5 Å². The van der Waals surface area contributed by atoms with E-state index in [1.807, 2.05) is 30.3 Å². The number of benzene rings is 3. The minimum absolute atomic E-state index is 0.00456. The Kier molecular flexibility index (Phi) is 9.98. The Bertz CT molecular complexity index is 1420. The van der Waals surface area contributed by atoms with Crippen LogP contribution in [-0.4, -0.2) is 59.0 Å². The number of amides is 1. The van der Waals surface area contributed by atoms with Gasteiger partial charge in [0.15, 0.2) is 11.5 Å². The van der Waals surface area contributed by atoms with Crippen molar-refractivity contribution in [1.29, 1.82) is 0 Å². The van der Waals surface area contributed by atoms with Crippen LogP contribution in [0.1, 0.15) is 15.9 Å². The summed E-state index contributed by atoms with van der Waals surface area (Å²) >= 11 is 12.2. The SMILES string of the molecule is COC(=O)c1cc(OC)c(OC)cc1NC(=O)CN(CCc1ccccc1)S(=O)(=O)c1cc(Cl)ccc1Cl. The minimum Gasteiger partial charge on any atom is -0.493 e. The van der Waals surface area contributed by atoms with Gasteiger partial charge in [-0.2, -0.15) is 4.31 Å². The average molecular weight is 581 g/mol. The Hall–Kier alpha value is -3.31. The minimum atomic E-state index is -4.25. The summed E-state index contributed by atoms with van der Waals surface area (Å²) in [5, 5.41) is 2.73. The van der Waals surface area contributed by atoms with Crippen molar-refractivity contribution >= 4 is 50.8 Å². The van der Waals surface area contributed by atoms with Crippen LogP contribution in [0, 0.1) is 0 Å². The molecule has 0 heterocycles. The standard InChI is InChI=1S/C26H26Cl2N2O7S/c1-35-22-14-19(26(32)37-3)21(15-23(22)36-2)29-25(31)16-30(12-11-17-7-5-4-6-8-17)38(33,34)24-13-18(27)9-10-20(24)28/h4-10,13-15H,11-12,16H2,1-3H3,(H,29,31). The van der Waals surface area contributed by atoms with E-state index in [1.54, 1.807) is 0 Å². The molecule has 0 aliphatic carbocycles. The number of hydrogen-bond acceptors (Lipinski definition) is 7. The second-order valence-electron chi connectivity index (χ2n) is 7.94. The van der Waals surface area contributed by atoms with Crippen LogP contribution in [0.15, 0.2) is 65.6 Å². The Morgan fingerprint density at radius 3 is 2.21 bits per heavy atom. The normalized spacial score (nSPS) is 11.2. The highest BCUT2D eigenvalue weighted by Crippen LogP contribution is 2.34. The van der Waals surface area contributed by atoms with E-state index in [-0.39, 0.29) is 44.2 Å². The first-order valence-electron chi connectivity index (χ1n) is 11.2. The quantitative estimate of drug-likeness (QED) is 0.328. The summed E-state index contributed by atoms with van der Waals surface area (Å²) in [5.41, 5.74) is 0.925. The third-order valence-electron chi connectivity index (χ3n) is 5.53. The largest absolute Gasteiger partial charge is 0.493 e. The Balaban J connectivity index is 1.95. The van der Waals surface area contributed by atoms with Crippen molar-refractivity contribution in [3.63, 3.8) is 0 Å². The van der Waals surface area contributed by atoms with Crippen molar-refractivity contribution in [3.05, 3.63) is 81.8 Å². The van der Waals surface area contributed by atoms with Gasteiger partial charge >= 0.3 is 5.97 Å². The number of hydrogen-bond donors (Lipinski definition) is 1. The molecule has 38 heavy (non-hydrogen) atoms. The van der Waals surface area contributed by atoms with E-state index < -0.39 is 28.4 Å². The van der Waals surface area contributed by atoms with Gasteiger partial charge in [-0.25, -0.2) is 13.2 Å². The number of ether oxygens (including phenoxy) is 3. The highest BCUT2D eigenvalue weighted by Gasteiger charge is 2.29. The molecule has 0 fully saturated rings. The third kappa shape index (κ3) is 6.96. The van der Waals surface area contributed by atoms with Crippen LogP contribution in [0.4, 0.5) is 5.69 Å². The summed E-state index contributed by atoms with van der Waals surface area (Å²) in [6.07, 6.45) is 0.329. The fourth-order valence-electron chi connectivity index (χ4n) is 3.61. The van der Waals surface area contributed by atoms with Crippen LogP contribution in [0.3, 0.4) is 0 Å². The van der Waals surface area contributed by atoms with Crippen LogP contribution < -0.4 is 14.8 Å². The molecule has 0 saturated heterocycles. The van der Waals surface area contributed by atoms with Gasteiger partial charge in [0.2, 0.25) is 15.9 Å². The molecule has 202 valence electrons. The molecule has 0 atom stereocenters. The highest BCUT2D eigenvalue weighted by atomic mass is 35.5. The van der Waals surface area contributed by atoms with E-state index in [9.17, 15) is 18.0 Å². The molecule has 0 saturated carbocycles. The number of carbonyl (C=O) groups excluding carboxylic acids is 2. The molecule has 3 rings (SSSR count). The molecule has 1 N–H and O–H groups in total. The predicted molar refractivity (Wildman–Crippen MR) is 145 cm³/mol. The van der Waals surface area contributed by atoms with Crippen molar-refractivity contribution in [2.45, 2.75) is 11.3 Å². The first-order valence-corrected chi connectivity index (χ1v) is 13.4. The van der Waals surface area contributed by atoms with Gasteiger partial charge in [0.05, 0.1) is 44.1 Å². The molecular formula is C26H26Cl2N2O7S. The fourth-order valence-corrected chi connectivity index (χ4v) is 5.74. The lowest BCUT2D eigenvalue weighted by Crippen LogP contribution is -2.39. The average Bonchev–Trinajstić information content (AvgIpc) is 2.91. The van der Waals surface area contributed by atoms with E-state index >= 15 is 0 Å². The molecule has 0 aliphatic heterocycles. The van der Waals surface area contributed by atoms with Gasteiger partial charge in [-0.15, -0.1) is 0 Å². The Morgan fingerprint density at radius 2 is 1.58 bits per heavy atom. The summed E-state index contributed by atoms with van der Waals surface area (Å²) in [5.74, 6) is -0.957. The molecule has 12 heteroatoms. The van der Waals surface area contributed by atoms with Crippen LogP contribution in [0.5, 0.6) is 11.5 Å². The molecule has 0 aromatic heterocycles. The summed E-state index contributed by atoms with van der Waals surface area (Å²) in [4.78, 5) is 25.3. The van der Waals surface area contributed by atoms with Crippen LogP contribution in [0.25, 0.3) is 0 Å². The fraction of sp³-hybridized carbons (Fsp3) is 0.231. The summed E-state index contributed by atoms with van der Waals surface area (Å²) in [6.45, 7) is -0.606. The van der Waals surface area contributed by atoms with Gasteiger partial charge in [-0.3, -0.25) is 4.79 Å². The number of anilines is 1. The van der Waals surface area contributed by atoms with Gasteiger partial charge in [0.1, 0.15) is 4.90 Å². The monoisotopic (exact) mass is 580 g/mol. The molecule has 3 aromatic carbocycles. The molecule has 0 aliphatic rings. The van der Waals surface area contributed by atoms with E-state index in [0.29, 0.717) is 6.42 Å². The topological polar surface area (TPSA) is 111 Å². The highest BCUT2D eigenvalue weighted by molar-refractivity contribution is 7.89. The van der Waals surface area contributed by atoms with Crippen molar-refractivity contribution in [3.8, 4) is 11.5 Å². The van der Waals surface area contributed by atoms with Crippen LogP contribution in [0.2, 0.25) is 10.0 Å². The van der Waals surface area contributed by atoms with Crippen LogP contribution >= 0.6 is 23.2 Å². The molecule has 3 aromatic rings. The van der Waals surface area contributed by atoms with Gasteiger partial charge in [-0.1, -0.05) is 53.5 Å². The van der Waals surface area contributed by atoms with E-state index in [4.69, 9.17) is 37.4 Å². The Labute approximate surface area is 231 Å². The lowest BCUT2D eigenvalue weighted by molar-refractivity contribution is -0.116. The van der Waals surface area contributed by atoms with Crippen molar-refractivity contribution < 1.29 is 32.2 Å². The first-order chi connectivity index (χ1) is 18.1. The number of rotatable bonds is 11. The van der Waals surface area contributed by atoms with Gasteiger partial charge in [0, 0.05) is 23.7 Å². The maximum atomic E-state index is 13.6. The zero-order chi connectivity index (χ0) is 27.9. The molecule has 9 nitrogen and oxygen atoms in total. The summed E-state index contributed by atoms with van der Waals surface area (Å²) < 4.78 is 43.5.